The van der Waals surface area contributed by atoms with Crippen LogP contribution in [0.3, 0.4) is 0 Å². The van der Waals surface area contributed by atoms with Crippen molar-refractivity contribution in [1.82, 2.24) is 20.3 Å². The third kappa shape index (κ3) is 6.96. The summed E-state index contributed by atoms with van der Waals surface area (Å²) in [4.78, 5) is 36.8. The van der Waals surface area contributed by atoms with E-state index in [-0.39, 0.29) is 27.4 Å². The van der Waals surface area contributed by atoms with Crippen molar-refractivity contribution in [2.45, 2.75) is 19.3 Å². The number of nitrogens with one attached hydrogen (secondary N) is 2. The fraction of sp³-hybridized carbons (Fsp3) is 0.320. The number of carboxylic acids is 1. The number of alkyl halides is 6. The third-order valence-electron chi connectivity index (χ3n) is 5.75. The Balaban J connectivity index is 0.000000517. The molecule has 1 amide bonds. The van der Waals surface area contributed by atoms with E-state index in [1.54, 1.807) is 37.3 Å². The highest BCUT2D eigenvalue weighted by Gasteiger charge is 2.38. The largest absolute Gasteiger partial charge is 0.490 e. The maximum absolute atomic E-state index is 14.2. The summed E-state index contributed by atoms with van der Waals surface area (Å²) in [5.74, 6) is -2.97. The van der Waals surface area contributed by atoms with Gasteiger partial charge in [-0.3, -0.25) is 4.79 Å². The molecule has 0 unspecified atom stereocenters. The van der Waals surface area contributed by atoms with Crippen molar-refractivity contribution in [1.29, 1.82) is 0 Å². The number of amides is 1. The Morgan fingerprint density at radius 1 is 1.07 bits per heavy atom. The van der Waals surface area contributed by atoms with Crippen LogP contribution in [-0.2, 0) is 11.0 Å². The van der Waals surface area contributed by atoms with Gasteiger partial charge in [0.25, 0.3) is 5.91 Å². The zero-order valence-electron chi connectivity index (χ0n) is 21.6. The summed E-state index contributed by atoms with van der Waals surface area (Å²) in [7, 11) is 0. The second kappa shape index (κ2) is 12.3. The molecule has 1 aromatic carbocycles. The Morgan fingerprint density at radius 3 is 2.29 bits per heavy atom. The van der Waals surface area contributed by atoms with Crippen LogP contribution in [0.4, 0.5) is 38.1 Å². The number of benzene rings is 1. The van der Waals surface area contributed by atoms with Crippen molar-refractivity contribution in [3.05, 3.63) is 47.5 Å². The number of hydrogen-bond donors (Lipinski definition) is 3. The van der Waals surface area contributed by atoms with Gasteiger partial charge in [0, 0.05) is 31.7 Å². The quantitative estimate of drug-likeness (QED) is 0.267. The lowest BCUT2D eigenvalue weighted by atomic mass is 10.1. The van der Waals surface area contributed by atoms with E-state index in [2.05, 4.69) is 25.6 Å². The van der Waals surface area contributed by atoms with Gasteiger partial charge >= 0.3 is 18.3 Å². The molecule has 1 fully saturated rings. The summed E-state index contributed by atoms with van der Waals surface area (Å²) in [5, 5.41) is 12.7. The van der Waals surface area contributed by atoms with Crippen LogP contribution in [0.25, 0.3) is 20.4 Å². The summed E-state index contributed by atoms with van der Waals surface area (Å²) in [5.41, 5.74) is -0.480. The monoisotopic (exact) mass is 616 g/mol. The second-order valence-corrected chi connectivity index (χ2v) is 9.63. The normalized spacial score (nSPS) is 13.9. The van der Waals surface area contributed by atoms with Crippen molar-refractivity contribution in [3.63, 3.8) is 0 Å². The number of thiophene rings is 1. The van der Waals surface area contributed by atoms with E-state index in [4.69, 9.17) is 14.6 Å². The number of carbonyl (C=O) groups excluding carboxylic acids is 1. The molecule has 10 nitrogen and oxygen atoms in total. The highest BCUT2D eigenvalue weighted by molar-refractivity contribution is 7.25. The molecule has 42 heavy (non-hydrogen) atoms. The topological polar surface area (TPSA) is 130 Å². The molecule has 0 aliphatic carbocycles. The second-order valence-electron chi connectivity index (χ2n) is 8.63. The molecule has 17 heteroatoms. The number of carbonyl (C=O) groups is 2. The average molecular weight is 617 g/mol. The van der Waals surface area contributed by atoms with E-state index in [1.165, 1.54) is 0 Å². The SMILES string of the molecule is CCOc1nc(N2CCNCC2)nc2c1sc1nc(NC(=O)c3ccccc3)cc(C(F)(F)F)c12.O=C(O)C(F)(F)F. The molecule has 4 heterocycles. The molecule has 0 atom stereocenters. The van der Waals surface area contributed by atoms with Gasteiger partial charge in [-0.05, 0) is 25.1 Å². The summed E-state index contributed by atoms with van der Waals surface area (Å²) in [6, 6.07) is 9.07. The first-order valence-corrected chi connectivity index (χ1v) is 13.1. The number of aliphatic carboxylic acids is 1. The van der Waals surface area contributed by atoms with Gasteiger partial charge in [0.2, 0.25) is 11.8 Å². The molecule has 224 valence electrons. The Hall–Kier alpha value is -4.25. The number of nitrogens with zero attached hydrogens (tertiary/aromatic N) is 4. The van der Waals surface area contributed by atoms with E-state index in [9.17, 15) is 31.1 Å². The van der Waals surface area contributed by atoms with Gasteiger partial charge in [-0.25, -0.2) is 14.8 Å². The van der Waals surface area contributed by atoms with Crippen LogP contribution in [0.5, 0.6) is 5.88 Å². The van der Waals surface area contributed by atoms with E-state index < -0.39 is 29.8 Å². The van der Waals surface area contributed by atoms with Gasteiger partial charge < -0.3 is 25.4 Å². The van der Waals surface area contributed by atoms with Crippen LogP contribution in [0.1, 0.15) is 22.8 Å². The van der Waals surface area contributed by atoms with Crippen molar-refractivity contribution in [2.75, 3.05) is 43.0 Å². The minimum atomic E-state index is -5.08. The number of fused-ring (bicyclic) bond motifs is 3. The number of aromatic nitrogens is 3. The molecule has 4 aromatic rings. The molecule has 0 spiro atoms. The van der Waals surface area contributed by atoms with Crippen LogP contribution in [0.2, 0.25) is 0 Å². The molecular formula is C25H22F6N6O4S. The maximum Gasteiger partial charge on any atom is 0.490 e. The molecule has 0 radical (unpaired) electrons. The van der Waals surface area contributed by atoms with E-state index in [0.29, 0.717) is 35.9 Å². The van der Waals surface area contributed by atoms with E-state index in [1.807, 2.05) is 4.90 Å². The Kier molecular flexibility index (Phi) is 9.00. The molecule has 1 saturated heterocycles. The van der Waals surface area contributed by atoms with Gasteiger partial charge in [0.05, 0.1) is 17.6 Å². The molecule has 3 aromatic heterocycles. The number of piperazine rings is 1. The fourth-order valence-corrected chi connectivity index (χ4v) is 4.99. The molecule has 1 aliphatic heterocycles. The Morgan fingerprint density at radius 2 is 1.71 bits per heavy atom. The number of halogens is 6. The number of anilines is 2. The molecule has 0 saturated carbocycles. The zero-order valence-corrected chi connectivity index (χ0v) is 22.5. The van der Waals surface area contributed by atoms with Crippen molar-refractivity contribution < 1.29 is 45.8 Å². The molecule has 5 rings (SSSR count). The van der Waals surface area contributed by atoms with Gasteiger partial charge in [-0.15, -0.1) is 11.3 Å². The van der Waals surface area contributed by atoms with Crippen LogP contribution < -0.4 is 20.3 Å². The van der Waals surface area contributed by atoms with Gasteiger partial charge in [0.15, 0.2) is 0 Å². The Bertz CT molecular complexity index is 1590. The van der Waals surface area contributed by atoms with E-state index >= 15 is 0 Å². The average Bonchev–Trinajstić information content (AvgIpc) is 3.31. The lowest BCUT2D eigenvalue weighted by molar-refractivity contribution is -0.192. The summed E-state index contributed by atoms with van der Waals surface area (Å²) in [6.45, 7) is 4.76. The van der Waals surface area contributed by atoms with Crippen molar-refractivity contribution in [3.8, 4) is 5.88 Å². The van der Waals surface area contributed by atoms with Crippen LogP contribution in [-0.4, -0.2) is 70.9 Å². The highest BCUT2D eigenvalue weighted by atomic mass is 32.1. The number of carboxylic acid groups (broad SMARTS) is 1. The first kappa shape index (κ1) is 30.7. The number of hydrogen-bond acceptors (Lipinski definition) is 9. The van der Waals surface area contributed by atoms with Gasteiger partial charge in [0.1, 0.15) is 20.9 Å². The third-order valence-corrected chi connectivity index (χ3v) is 6.81. The Labute approximate surface area is 237 Å². The van der Waals surface area contributed by atoms with Gasteiger partial charge in [-0.1, -0.05) is 18.2 Å². The molecule has 1 aliphatic rings. The summed E-state index contributed by atoms with van der Waals surface area (Å²) < 4.78 is 80.5. The summed E-state index contributed by atoms with van der Waals surface area (Å²) in [6.07, 6.45) is -9.78. The maximum atomic E-state index is 14.2. The van der Waals surface area contributed by atoms with Crippen LogP contribution in [0.15, 0.2) is 36.4 Å². The van der Waals surface area contributed by atoms with Crippen molar-refractivity contribution in [2.24, 2.45) is 0 Å². The predicted octanol–water partition coefficient (Wildman–Crippen LogP) is 4.95. The van der Waals surface area contributed by atoms with Crippen LogP contribution in [0, 0.1) is 0 Å². The molecule has 3 N–H and O–H groups in total. The smallest absolute Gasteiger partial charge is 0.477 e. The highest BCUT2D eigenvalue weighted by Crippen LogP contribution is 2.44. The van der Waals surface area contributed by atoms with Crippen LogP contribution >= 0.6 is 11.3 Å². The lowest BCUT2D eigenvalue weighted by Crippen LogP contribution is -2.44. The lowest BCUT2D eigenvalue weighted by Gasteiger charge is -2.27. The number of pyridine rings is 1. The number of ether oxygens (including phenoxy) is 1. The first-order valence-electron chi connectivity index (χ1n) is 12.3. The van der Waals surface area contributed by atoms with Crippen molar-refractivity contribution >= 4 is 55.4 Å². The standard InChI is InChI=1S/C23H21F3N6O2S.C2HF3O2/c1-2-34-20-18-17(30-22(31-20)32-10-8-27-9-11-32)16-14(23(24,25)26)12-15(29-21(16)35-18)28-19(33)13-6-4-3-5-7-13;3-2(4,5)1(6)7/h3-7,12,27H,2,8-11H2,1H3,(H,28,29,33);(H,6,7). The summed E-state index contributed by atoms with van der Waals surface area (Å²) >= 11 is 1.01. The molecular weight excluding hydrogens is 594 g/mol. The minimum Gasteiger partial charge on any atom is -0.477 e. The van der Waals surface area contributed by atoms with Gasteiger partial charge in [-0.2, -0.15) is 31.3 Å². The van der Waals surface area contributed by atoms with E-state index in [0.717, 1.165) is 30.5 Å². The zero-order chi connectivity index (χ0) is 30.7. The number of rotatable bonds is 5. The predicted molar refractivity (Wildman–Crippen MR) is 142 cm³/mol. The minimum absolute atomic E-state index is 0.0888. The molecule has 0 bridgehead atoms. The first-order chi connectivity index (χ1) is 19.8. The fourth-order valence-electron chi connectivity index (χ4n) is 3.91.